The molecular weight excluding hydrogens is 408 g/mol. The average molecular weight is 443 g/mol. The molecule has 0 aliphatic heterocycles. The largest absolute Gasteiger partial charge is 0.361 e. The molecule has 168 valence electrons. The maximum absolute atomic E-state index is 13.3. The first-order chi connectivity index (χ1) is 14.9. The van der Waals surface area contributed by atoms with Crippen LogP contribution in [0.2, 0.25) is 25.7 Å². The van der Waals surface area contributed by atoms with Crippen LogP contribution in [0.15, 0.2) is 18.7 Å². The quantitative estimate of drug-likeness (QED) is 0.419. The molecule has 1 aliphatic rings. The number of nitrogens with one attached hydrogen (secondary N) is 1. The fourth-order valence-electron chi connectivity index (χ4n) is 4.31. The molecule has 0 radical (unpaired) electrons. The average Bonchev–Trinajstić information content (AvgIpc) is 3.35. The van der Waals surface area contributed by atoms with Gasteiger partial charge in [-0.3, -0.25) is 9.20 Å². The van der Waals surface area contributed by atoms with Gasteiger partial charge < -0.3 is 14.6 Å². The van der Waals surface area contributed by atoms with E-state index >= 15 is 0 Å². The Hall–Kier alpha value is -2.26. The van der Waals surface area contributed by atoms with Gasteiger partial charge in [-0.05, 0) is 37.6 Å². The molecule has 0 spiro atoms. The van der Waals surface area contributed by atoms with Crippen LogP contribution < -0.4 is 5.32 Å². The minimum atomic E-state index is -1.16. The van der Waals surface area contributed by atoms with Crippen molar-refractivity contribution >= 4 is 30.8 Å². The predicted molar refractivity (Wildman–Crippen MR) is 124 cm³/mol. The van der Waals surface area contributed by atoms with E-state index in [4.69, 9.17) is 4.74 Å². The topological polar surface area (TPSA) is 86.3 Å². The standard InChI is InChI=1S/C22H34N6O2Si/c1-5-16-6-8-17(9-7-16)25-22(29)18-13-27(15-30-10-11-31(2,3)4)21-20(18)28-14-24-26-19(28)12-23-21/h12-14,16-17H,5-11,15H2,1-4H3,(H,25,29). The Morgan fingerprint density at radius 3 is 2.74 bits per heavy atom. The van der Waals surface area contributed by atoms with Gasteiger partial charge in [0.2, 0.25) is 0 Å². The number of carbonyl (C=O) groups excluding carboxylic acids is 1. The molecule has 0 bridgehead atoms. The van der Waals surface area contributed by atoms with Crippen LogP contribution in [0.25, 0.3) is 16.8 Å². The summed E-state index contributed by atoms with van der Waals surface area (Å²) >= 11 is 0. The van der Waals surface area contributed by atoms with Gasteiger partial charge in [-0.2, -0.15) is 0 Å². The Bertz CT molecular complexity index is 1050. The first-order valence-electron chi connectivity index (χ1n) is 11.4. The van der Waals surface area contributed by atoms with Crippen molar-refractivity contribution in [1.82, 2.24) is 29.5 Å². The molecule has 3 aromatic heterocycles. The van der Waals surface area contributed by atoms with Crippen LogP contribution in [0, 0.1) is 5.92 Å². The van der Waals surface area contributed by atoms with E-state index in [1.54, 1.807) is 12.5 Å². The van der Waals surface area contributed by atoms with E-state index in [1.807, 2.05) is 15.2 Å². The summed E-state index contributed by atoms with van der Waals surface area (Å²) in [5.41, 5.74) is 2.66. The number of carbonyl (C=O) groups is 1. The normalized spacial score (nSPS) is 19.9. The summed E-state index contributed by atoms with van der Waals surface area (Å²) in [6.07, 6.45) is 10.9. The third-order valence-electron chi connectivity index (χ3n) is 6.37. The second kappa shape index (κ2) is 9.08. The molecule has 1 N–H and O–H groups in total. The number of fused-ring (bicyclic) bond motifs is 3. The van der Waals surface area contributed by atoms with Crippen molar-refractivity contribution in [3.8, 4) is 0 Å². The van der Waals surface area contributed by atoms with E-state index in [1.165, 1.54) is 19.3 Å². The number of hydrogen-bond donors (Lipinski definition) is 1. The third-order valence-corrected chi connectivity index (χ3v) is 8.08. The highest BCUT2D eigenvalue weighted by Crippen LogP contribution is 2.27. The third kappa shape index (κ3) is 4.98. The van der Waals surface area contributed by atoms with E-state index in [2.05, 4.69) is 47.1 Å². The summed E-state index contributed by atoms with van der Waals surface area (Å²) in [4.78, 5) is 17.8. The van der Waals surface area contributed by atoms with Crippen LogP contribution in [0.5, 0.6) is 0 Å². The van der Waals surface area contributed by atoms with E-state index in [0.29, 0.717) is 30.2 Å². The van der Waals surface area contributed by atoms with Gasteiger partial charge in [-0.15, -0.1) is 10.2 Å². The number of aromatic nitrogens is 5. The molecule has 4 rings (SSSR count). The van der Waals surface area contributed by atoms with Crippen molar-refractivity contribution in [3.05, 3.63) is 24.3 Å². The van der Waals surface area contributed by atoms with Gasteiger partial charge in [0.15, 0.2) is 11.3 Å². The molecule has 0 aromatic carbocycles. The number of hydrogen-bond acceptors (Lipinski definition) is 5. The van der Waals surface area contributed by atoms with Crippen molar-refractivity contribution < 1.29 is 9.53 Å². The molecule has 0 saturated heterocycles. The summed E-state index contributed by atoms with van der Waals surface area (Å²) in [7, 11) is -1.16. The maximum atomic E-state index is 13.3. The zero-order chi connectivity index (χ0) is 22.0. The molecule has 0 atom stereocenters. The second-order valence-electron chi connectivity index (χ2n) is 9.95. The smallest absolute Gasteiger partial charge is 0.255 e. The van der Waals surface area contributed by atoms with Crippen molar-refractivity contribution in [2.24, 2.45) is 5.92 Å². The van der Waals surface area contributed by atoms with Gasteiger partial charge >= 0.3 is 0 Å². The zero-order valence-corrected chi connectivity index (χ0v) is 20.1. The van der Waals surface area contributed by atoms with E-state index in [9.17, 15) is 4.79 Å². The molecule has 1 fully saturated rings. The fraction of sp³-hybridized carbons (Fsp3) is 0.636. The van der Waals surface area contributed by atoms with Gasteiger partial charge in [0.1, 0.15) is 18.6 Å². The van der Waals surface area contributed by atoms with Crippen molar-refractivity contribution in [2.75, 3.05) is 6.61 Å². The Balaban J connectivity index is 1.56. The lowest BCUT2D eigenvalue weighted by atomic mass is 9.84. The Morgan fingerprint density at radius 1 is 1.26 bits per heavy atom. The molecule has 31 heavy (non-hydrogen) atoms. The van der Waals surface area contributed by atoms with Gasteiger partial charge in [-0.25, -0.2) is 4.98 Å². The van der Waals surface area contributed by atoms with E-state index in [-0.39, 0.29) is 11.9 Å². The summed E-state index contributed by atoms with van der Waals surface area (Å²) < 4.78 is 9.71. The lowest BCUT2D eigenvalue weighted by Crippen LogP contribution is -2.37. The summed E-state index contributed by atoms with van der Waals surface area (Å²) in [5, 5.41) is 11.4. The molecule has 1 amide bonds. The molecule has 1 aliphatic carbocycles. The highest BCUT2D eigenvalue weighted by molar-refractivity contribution is 6.76. The monoisotopic (exact) mass is 442 g/mol. The van der Waals surface area contributed by atoms with Crippen LogP contribution in [-0.2, 0) is 11.5 Å². The number of nitrogens with zero attached hydrogens (tertiary/aromatic N) is 5. The SMILES string of the molecule is CCC1CCC(NC(=O)c2cn(COCC[Si](C)(C)C)c3ncc4nncn4c23)CC1. The summed E-state index contributed by atoms with van der Waals surface area (Å²) in [6, 6.07) is 1.33. The number of rotatable bonds is 8. The van der Waals surface area contributed by atoms with Crippen molar-refractivity contribution in [3.63, 3.8) is 0 Å². The Labute approximate surface area is 184 Å². The van der Waals surface area contributed by atoms with Crippen molar-refractivity contribution in [1.29, 1.82) is 0 Å². The second-order valence-corrected chi connectivity index (χ2v) is 15.6. The van der Waals surface area contributed by atoms with Crippen LogP contribution in [0.1, 0.15) is 49.4 Å². The molecule has 3 heterocycles. The first-order valence-corrected chi connectivity index (χ1v) is 15.1. The molecule has 1 saturated carbocycles. The number of amides is 1. The minimum Gasteiger partial charge on any atom is -0.361 e. The van der Waals surface area contributed by atoms with Crippen LogP contribution >= 0.6 is 0 Å². The van der Waals surface area contributed by atoms with Gasteiger partial charge in [0, 0.05) is 26.9 Å². The minimum absolute atomic E-state index is 0.0613. The van der Waals surface area contributed by atoms with Crippen LogP contribution in [0.4, 0.5) is 0 Å². The molecule has 9 heteroatoms. The summed E-state index contributed by atoms with van der Waals surface area (Å²) in [6.45, 7) is 10.3. The van der Waals surface area contributed by atoms with Gasteiger partial charge in [0.25, 0.3) is 5.91 Å². The summed E-state index contributed by atoms with van der Waals surface area (Å²) in [5.74, 6) is 0.734. The zero-order valence-electron chi connectivity index (χ0n) is 19.1. The van der Waals surface area contributed by atoms with Crippen LogP contribution in [0.3, 0.4) is 0 Å². The number of ether oxygens (including phenoxy) is 1. The van der Waals surface area contributed by atoms with Crippen molar-refractivity contribution in [2.45, 2.75) is 77.5 Å². The highest BCUT2D eigenvalue weighted by Gasteiger charge is 2.25. The first kappa shape index (κ1) is 21.9. The van der Waals surface area contributed by atoms with Gasteiger partial charge in [-0.1, -0.05) is 33.0 Å². The molecule has 3 aromatic rings. The predicted octanol–water partition coefficient (Wildman–Crippen LogP) is 4.09. The van der Waals surface area contributed by atoms with Crippen LogP contribution in [-0.4, -0.2) is 50.8 Å². The lowest BCUT2D eigenvalue weighted by molar-refractivity contribution is 0.0886. The maximum Gasteiger partial charge on any atom is 0.255 e. The Morgan fingerprint density at radius 2 is 2.03 bits per heavy atom. The molecular formula is C22H34N6O2Si. The van der Waals surface area contributed by atoms with E-state index in [0.717, 1.165) is 30.3 Å². The Kier molecular flexibility index (Phi) is 6.43. The highest BCUT2D eigenvalue weighted by atomic mass is 28.3. The fourth-order valence-corrected chi connectivity index (χ4v) is 5.07. The molecule has 8 nitrogen and oxygen atoms in total. The molecule has 0 unspecified atom stereocenters. The lowest BCUT2D eigenvalue weighted by Gasteiger charge is -2.28. The van der Waals surface area contributed by atoms with E-state index < -0.39 is 8.07 Å². The van der Waals surface area contributed by atoms with Gasteiger partial charge in [0.05, 0.1) is 11.8 Å².